The number of anilines is 1. The number of ether oxygens (including phenoxy) is 1. The summed E-state index contributed by atoms with van der Waals surface area (Å²) in [5.74, 6) is 0. The molecule has 2 atom stereocenters. The van der Waals surface area contributed by atoms with E-state index in [9.17, 15) is 0 Å². The van der Waals surface area contributed by atoms with Gasteiger partial charge in [-0.15, -0.1) is 11.3 Å². The van der Waals surface area contributed by atoms with Crippen LogP contribution < -0.4 is 10.2 Å². The first-order valence-electron chi connectivity index (χ1n) is 6.77. The van der Waals surface area contributed by atoms with Gasteiger partial charge in [-0.25, -0.2) is 4.98 Å². The lowest BCUT2D eigenvalue weighted by molar-refractivity contribution is 0.193. The lowest BCUT2D eigenvalue weighted by Gasteiger charge is -2.22. The Bertz CT molecular complexity index is 414. The molecule has 0 bridgehead atoms. The number of fused-ring (bicyclic) bond motifs is 1. The normalized spacial score (nSPS) is 27.2. The Balaban J connectivity index is 1.83. The minimum Gasteiger partial charge on any atom is -0.379 e. The Labute approximate surface area is 112 Å². The lowest BCUT2D eigenvalue weighted by atomic mass is 9.98. The van der Waals surface area contributed by atoms with Gasteiger partial charge in [-0.05, 0) is 32.7 Å². The van der Waals surface area contributed by atoms with Crippen LogP contribution in [0.4, 0.5) is 5.13 Å². The summed E-state index contributed by atoms with van der Waals surface area (Å²) in [6, 6.07) is 0.956. The topological polar surface area (TPSA) is 37.4 Å². The molecular formula is C13H21N3OS. The van der Waals surface area contributed by atoms with Crippen LogP contribution in [0, 0.1) is 0 Å². The molecule has 2 heterocycles. The van der Waals surface area contributed by atoms with Crippen LogP contribution in [0.15, 0.2) is 0 Å². The van der Waals surface area contributed by atoms with Crippen molar-refractivity contribution in [1.29, 1.82) is 0 Å². The Hall–Kier alpha value is -0.650. The highest BCUT2D eigenvalue weighted by atomic mass is 32.1. The van der Waals surface area contributed by atoms with E-state index in [1.807, 2.05) is 18.4 Å². The van der Waals surface area contributed by atoms with Crippen LogP contribution in [0.25, 0.3) is 0 Å². The van der Waals surface area contributed by atoms with E-state index in [0.717, 1.165) is 24.8 Å². The van der Waals surface area contributed by atoms with Crippen molar-refractivity contribution in [2.45, 2.75) is 37.8 Å². The van der Waals surface area contributed by atoms with E-state index in [2.05, 4.69) is 17.3 Å². The van der Waals surface area contributed by atoms with Gasteiger partial charge in [0.1, 0.15) is 0 Å². The Kier molecular flexibility index (Phi) is 3.54. The van der Waals surface area contributed by atoms with Gasteiger partial charge < -0.3 is 15.0 Å². The molecule has 1 aliphatic heterocycles. The highest BCUT2D eigenvalue weighted by Gasteiger charge is 2.27. The van der Waals surface area contributed by atoms with Crippen molar-refractivity contribution in [3.05, 3.63) is 10.6 Å². The summed E-state index contributed by atoms with van der Waals surface area (Å²) < 4.78 is 5.47. The smallest absolute Gasteiger partial charge is 0.185 e. The van der Waals surface area contributed by atoms with Gasteiger partial charge in [-0.2, -0.15) is 0 Å². The maximum Gasteiger partial charge on any atom is 0.185 e. The highest BCUT2D eigenvalue weighted by molar-refractivity contribution is 7.15. The number of rotatable bonds is 3. The number of hydrogen-bond acceptors (Lipinski definition) is 5. The molecule has 1 saturated heterocycles. The minimum absolute atomic E-state index is 0.451. The minimum atomic E-state index is 0.451. The molecule has 3 rings (SSSR count). The van der Waals surface area contributed by atoms with Crippen molar-refractivity contribution in [3.63, 3.8) is 0 Å². The molecule has 1 aromatic rings. The van der Waals surface area contributed by atoms with Gasteiger partial charge >= 0.3 is 0 Å². The van der Waals surface area contributed by atoms with E-state index < -0.39 is 0 Å². The molecule has 2 aliphatic rings. The molecule has 1 N–H and O–H groups in total. The van der Waals surface area contributed by atoms with Crippen LogP contribution in [0.3, 0.4) is 0 Å². The standard InChI is InChI=1S/C13H21N3OS/c1-14-10-4-3-5-11-12(10)15-13(18-11)16(2)9-6-7-17-8-9/h9-10,14H,3-8H2,1-2H3. The summed E-state index contributed by atoms with van der Waals surface area (Å²) in [6.07, 6.45) is 4.80. The fourth-order valence-corrected chi connectivity index (χ4v) is 4.02. The predicted molar refractivity (Wildman–Crippen MR) is 74.5 cm³/mol. The Morgan fingerprint density at radius 2 is 2.33 bits per heavy atom. The van der Waals surface area contributed by atoms with Crippen molar-refractivity contribution in [3.8, 4) is 0 Å². The summed E-state index contributed by atoms with van der Waals surface area (Å²) in [7, 11) is 4.19. The summed E-state index contributed by atoms with van der Waals surface area (Å²) in [5.41, 5.74) is 1.29. The lowest BCUT2D eigenvalue weighted by Crippen LogP contribution is -2.31. The van der Waals surface area contributed by atoms with Crippen LogP contribution in [0.5, 0.6) is 0 Å². The summed E-state index contributed by atoms with van der Waals surface area (Å²) in [4.78, 5) is 8.66. The number of aryl methyl sites for hydroxylation is 1. The van der Waals surface area contributed by atoms with Crippen LogP contribution in [0.2, 0.25) is 0 Å². The van der Waals surface area contributed by atoms with Gasteiger partial charge in [0.2, 0.25) is 0 Å². The molecule has 2 unspecified atom stereocenters. The first-order valence-corrected chi connectivity index (χ1v) is 7.58. The first kappa shape index (κ1) is 12.4. The van der Waals surface area contributed by atoms with Crippen molar-refractivity contribution in [2.75, 3.05) is 32.2 Å². The Morgan fingerprint density at radius 3 is 3.06 bits per heavy atom. The predicted octanol–water partition coefficient (Wildman–Crippen LogP) is 1.97. The number of nitrogens with zero attached hydrogens (tertiary/aromatic N) is 2. The third kappa shape index (κ3) is 2.15. The zero-order valence-electron chi connectivity index (χ0n) is 11.1. The zero-order chi connectivity index (χ0) is 12.5. The van der Waals surface area contributed by atoms with Gasteiger partial charge in [-0.3, -0.25) is 0 Å². The van der Waals surface area contributed by atoms with E-state index in [-0.39, 0.29) is 0 Å². The fraction of sp³-hybridized carbons (Fsp3) is 0.769. The number of thiazole rings is 1. The van der Waals surface area contributed by atoms with Gasteiger partial charge in [0.15, 0.2) is 5.13 Å². The van der Waals surface area contributed by atoms with E-state index in [0.29, 0.717) is 12.1 Å². The van der Waals surface area contributed by atoms with Crippen molar-refractivity contribution < 1.29 is 4.74 Å². The van der Waals surface area contributed by atoms with E-state index in [1.165, 1.54) is 29.8 Å². The second kappa shape index (κ2) is 5.15. The molecule has 4 nitrogen and oxygen atoms in total. The second-order valence-corrected chi connectivity index (χ2v) is 6.23. The van der Waals surface area contributed by atoms with Crippen LogP contribution in [-0.4, -0.2) is 38.3 Å². The summed E-state index contributed by atoms with van der Waals surface area (Å²) in [5, 5.41) is 4.55. The van der Waals surface area contributed by atoms with Crippen molar-refractivity contribution in [1.82, 2.24) is 10.3 Å². The van der Waals surface area contributed by atoms with Gasteiger partial charge in [0.25, 0.3) is 0 Å². The molecule has 0 spiro atoms. The average Bonchev–Trinajstić information content (AvgIpc) is 3.05. The number of aromatic nitrogens is 1. The molecule has 0 aromatic carbocycles. The number of hydrogen-bond donors (Lipinski definition) is 1. The summed E-state index contributed by atoms with van der Waals surface area (Å²) in [6.45, 7) is 1.73. The molecule has 1 aromatic heterocycles. The van der Waals surface area contributed by atoms with E-state index in [4.69, 9.17) is 9.72 Å². The third-order valence-corrected chi connectivity index (χ3v) is 5.27. The first-order chi connectivity index (χ1) is 8.79. The maximum absolute atomic E-state index is 5.47. The zero-order valence-corrected chi connectivity index (χ0v) is 11.9. The molecular weight excluding hydrogens is 246 g/mol. The monoisotopic (exact) mass is 267 g/mol. The number of likely N-dealkylation sites (N-methyl/N-ethyl adjacent to an activating group) is 1. The molecule has 5 heteroatoms. The van der Waals surface area contributed by atoms with Gasteiger partial charge in [-0.1, -0.05) is 0 Å². The van der Waals surface area contributed by atoms with E-state index >= 15 is 0 Å². The SMILES string of the molecule is CNC1CCCc2sc(N(C)C3CCOC3)nc21. The molecule has 0 radical (unpaired) electrons. The largest absolute Gasteiger partial charge is 0.379 e. The van der Waals surface area contributed by atoms with Crippen LogP contribution in [-0.2, 0) is 11.2 Å². The van der Waals surface area contributed by atoms with Gasteiger partial charge in [0.05, 0.1) is 24.4 Å². The van der Waals surface area contributed by atoms with E-state index in [1.54, 1.807) is 0 Å². The average molecular weight is 267 g/mol. The molecule has 0 amide bonds. The quantitative estimate of drug-likeness (QED) is 0.908. The molecule has 1 fully saturated rings. The second-order valence-electron chi connectivity index (χ2n) is 5.17. The highest BCUT2D eigenvalue weighted by Crippen LogP contribution is 2.37. The van der Waals surface area contributed by atoms with Gasteiger partial charge in [0, 0.05) is 18.5 Å². The third-order valence-electron chi connectivity index (χ3n) is 4.05. The maximum atomic E-state index is 5.47. The molecule has 1 aliphatic carbocycles. The van der Waals surface area contributed by atoms with Crippen LogP contribution in [0.1, 0.15) is 35.9 Å². The van der Waals surface area contributed by atoms with Crippen LogP contribution >= 0.6 is 11.3 Å². The molecule has 0 saturated carbocycles. The fourth-order valence-electron chi connectivity index (χ4n) is 2.82. The molecule has 100 valence electrons. The van der Waals surface area contributed by atoms with Crippen molar-refractivity contribution >= 4 is 16.5 Å². The number of nitrogens with one attached hydrogen (secondary N) is 1. The van der Waals surface area contributed by atoms with Crippen molar-refractivity contribution in [2.24, 2.45) is 0 Å². The summed E-state index contributed by atoms with van der Waals surface area (Å²) >= 11 is 1.87. The Morgan fingerprint density at radius 1 is 1.44 bits per heavy atom. The molecule has 18 heavy (non-hydrogen) atoms.